The normalized spacial score (nSPS) is 12.6. The van der Waals surface area contributed by atoms with Crippen LogP contribution < -0.4 is 5.32 Å². The van der Waals surface area contributed by atoms with Gasteiger partial charge in [0.15, 0.2) is 0 Å². The Morgan fingerprint density at radius 1 is 1.39 bits per heavy atom. The van der Waals surface area contributed by atoms with Gasteiger partial charge in [0.1, 0.15) is 5.82 Å². The van der Waals surface area contributed by atoms with E-state index in [-0.39, 0.29) is 6.04 Å². The van der Waals surface area contributed by atoms with Crippen molar-refractivity contribution in [2.24, 2.45) is 0 Å². The number of imidazole rings is 1. The number of aryl methyl sites for hydroxylation is 1. The SMILES string of the molecule is CCNC(c1cccc(Br)c1)c1nccn1CC. The molecule has 0 aliphatic carbocycles. The highest BCUT2D eigenvalue weighted by atomic mass is 79.9. The average Bonchev–Trinajstić information content (AvgIpc) is 2.84. The molecule has 1 atom stereocenters. The Hall–Kier alpha value is -1.13. The van der Waals surface area contributed by atoms with Crippen molar-refractivity contribution in [1.29, 1.82) is 0 Å². The van der Waals surface area contributed by atoms with E-state index in [0.29, 0.717) is 0 Å². The van der Waals surface area contributed by atoms with Crippen molar-refractivity contribution in [3.05, 3.63) is 52.5 Å². The number of benzene rings is 1. The number of rotatable bonds is 5. The van der Waals surface area contributed by atoms with Gasteiger partial charge in [-0.15, -0.1) is 0 Å². The fourth-order valence-electron chi connectivity index (χ4n) is 2.10. The Morgan fingerprint density at radius 2 is 2.22 bits per heavy atom. The van der Waals surface area contributed by atoms with Crippen LogP contribution >= 0.6 is 15.9 Å². The zero-order valence-electron chi connectivity index (χ0n) is 10.7. The maximum Gasteiger partial charge on any atom is 0.130 e. The molecule has 0 aliphatic rings. The summed E-state index contributed by atoms with van der Waals surface area (Å²) in [5, 5.41) is 3.50. The van der Waals surface area contributed by atoms with E-state index in [4.69, 9.17) is 0 Å². The summed E-state index contributed by atoms with van der Waals surface area (Å²) in [7, 11) is 0. The highest BCUT2D eigenvalue weighted by Gasteiger charge is 2.17. The number of hydrogen-bond acceptors (Lipinski definition) is 2. The Morgan fingerprint density at radius 3 is 2.89 bits per heavy atom. The molecule has 0 amide bonds. The lowest BCUT2D eigenvalue weighted by Crippen LogP contribution is -2.25. The monoisotopic (exact) mass is 307 g/mol. The largest absolute Gasteiger partial charge is 0.334 e. The highest BCUT2D eigenvalue weighted by molar-refractivity contribution is 9.10. The first-order chi connectivity index (χ1) is 8.76. The lowest BCUT2D eigenvalue weighted by Gasteiger charge is -2.19. The number of aromatic nitrogens is 2. The summed E-state index contributed by atoms with van der Waals surface area (Å²) in [6.45, 7) is 6.10. The smallest absolute Gasteiger partial charge is 0.130 e. The van der Waals surface area contributed by atoms with Gasteiger partial charge in [-0.2, -0.15) is 0 Å². The summed E-state index contributed by atoms with van der Waals surface area (Å²) in [5.74, 6) is 1.07. The molecule has 1 heterocycles. The average molecular weight is 308 g/mol. The molecule has 2 aromatic rings. The zero-order valence-corrected chi connectivity index (χ0v) is 12.3. The van der Waals surface area contributed by atoms with Crippen LogP contribution in [0.4, 0.5) is 0 Å². The van der Waals surface area contributed by atoms with Gasteiger partial charge in [0.05, 0.1) is 6.04 Å². The number of nitrogens with one attached hydrogen (secondary N) is 1. The summed E-state index contributed by atoms with van der Waals surface area (Å²) in [4.78, 5) is 4.50. The van der Waals surface area contributed by atoms with Crippen LogP contribution in [0.2, 0.25) is 0 Å². The molecule has 0 radical (unpaired) electrons. The molecule has 3 nitrogen and oxygen atoms in total. The molecule has 1 N–H and O–H groups in total. The van der Waals surface area contributed by atoms with E-state index in [1.54, 1.807) is 0 Å². The predicted molar refractivity (Wildman–Crippen MR) is 77.6 cm³/mol. The second-order valence-corrected chi connectivity index (χ2v) is 5.03. The zero-order chi connectivity index (χ0) is 13.0. The third kappa shape index (κ3) is 2.82. The van der Waals surface area contributed by atoms with Crippen molar-refractivity contribution in [2.75, 3.05) is 6.54 Å². The first-order valence-electron chi connectivity index (χ1n) is 6.26. The van der Waals surface area contributed by atoms with E-state index in [2.05, 4.69) is 62.8 Å². The lowest BCUT2D eigenvalue weighted by molar-refractivity contribution is 0.559. The van der Waals surface area contributed by atoms with Crippen LogP contribution in [-0.4, -0.2) is 16.1 Å². The molecule has 0 aliphatic heterocycles. The quantitative estimate of drug-likeness (QED) is 0.918. The minimum absolute atomic E-state index is 0.141. The van der Waals surface area contributed by atoms with E-state index in [1.165, 1.54) is 5.56 Å². The molecular formula is C14H18BrN3. The maximum atomic E-state index is 4.50. The van der Waals surface area contributed by atoms with Crippen LogP contribution in [0.3, 0.4) is 0 Å². The summed E-state index contributed by atoms with van der Waals surface area (Å²) in [6, 6.07) is 8.51. The molecule has 1 aromatic carbocycles. The molecule has 18 heavy (non-hydrogen) atoms. The van der Waals surface area contributed by atoms with Crippen molar-refractivity contribution in [3.8, 4) is 0 Å². The number of hydrogen-bond donors (Lipinski definition) is 1. The van der Waals surface area contributed by atoms with Crippen LogP contribution in [-0.2, 0) is 6.54 Å². The van der Waals surface area contributed by atoms with Crippen molar-refractivity contribution < 1.29 is 0 Å². The minimum Gasteiger partial charge on any atom is -0.334 e. The number of nitrogens with zero attached hydrogens (tertiary/aromatic N) is 2. The Balaban J connectivity index is 2.39. The lowest BCUT2D eigenvalue weighted by atomic mass is 10.1. The van der Waals surface area contributed by atoms with Gasteiger partial charge in [0.2, 0.25) is 0 Å². The number of halogens is 1. The van der Waals surface area contributed by atoms with E-state index >= 15 is 0 Å². The van der Waals surface area contributed by atoms with Gasteiger partial charge in [-0.3, -0.25) is 0 Å². The van der Waals surface area contributed by atoms with Crippen LogP contribution in [0.1, 0.15) is 31.3 Å². The molecule has 0 saturated carbocycles. The predicted octanol–water partition coefficient (Wildman–Crippen LogP) is 3.36. The molecule has 0 saturated heterocycles. The molecule has 4 heteroatoms. The van der Waals surface area contributed by atoms with Gasteiger partial charge in [0.25, 0.3) is 0 Å². The fraction of sp³-hybridized carbons (Fsp3) is 0.357. The van der Waals surface area contributed by atoms with Crippen molar-refractivity contribution >= 4 is 15.9 Å². The van der Waals surface area contributed by atoms with E-state index in [0.717, 1.165) is 23.4 Å². The second-order valence-electron chi connectivity index (χ2n) is 4.12. The fourth-order valence-corrected chi connectivity index (χ4v) is 2.51. The molecule has 0 bridgehead atoms. The molecular weight excluding hydrogens is 290 g/mol. The highest BCUT2D eigenvalue weighted by Crippen LogP contribution is 2.23. The second kappa shape index (κ2) is 6.16. The van der Waals surface area contributed by atoms with Crippen LogP contribution in [0.25, 0.3) is 0 Å². The third-order valence-electron chi connectivity index (χ3n) is 2.94. The van der Waals surface area contributed by atoms with Gasteiger partial charge < -0.3 is 9.88 Å². The van der Waals surface area contributed by atoms with Crippen LogP contribution in [0, 0.1) is 0 Å². The van der Waals surface area contributed by atoms with Gasteiger partial charge in [-0.1, -0.05) is 35.0 Å². The van der Waals surface area contributed by atoms with Crippen molar-refractivity contribution in [1.82, 2.24) is 14.9 Å². The first kappa shape index (κ1) is 13.3. The third-order valence-corrected chi connectivity index (χ3v) is 3.43. The topological polar surface area (TPSA) is 29.9 Å². The molecule has 0 spiro atoms. The first-order valence-corrected chi connectivity index (χ1v) is 7.05. The maximum absolute atomic E-state index is 4.50. The summed E-state index contributed by atoms with van der Waals surface area (Å²) < 4.78 is 3.27. The Bertz CT molecular complexity index is 507. The minimum atomic E-state index is 0.141. The van der Waals surface area contributed by atoms with Gasteiger partial charge in [0, 0.05) is 23.4 Å². The molecule has 0 fully saturated rings. The molecule has 2 rings (SSSR count). The summed E-state index contributed by atoms with van der Waals surface area (Å²) >= 11 is 3.53. The van der Waals surface area contributed by atoms with E-state index < -0.39 is 0 Å². The van der Waals surface area contributed by atoms with E-state index in [1.807, 2.05) is 18.5 Å². The van der Waals surface area contributed by atoms with Crippen molar-refractivity contribution in [3.63, 3.8) is 0 Å². The summed E-state index contributed by atoms with van der Waals surface area (Å²) in [5.41, 5.74) is 1.23. The van der Waals surface area contributed by atoms with E-state index in [9.17, 15) is 0 Å². The Kier molecular flexibility index (Phi) is 4.55. The standard InChI is InChI=1S/C14H18BrN3/c1-3-16-13(11-6-5-7-12(15)10-11)14-17-8-9-18(14)4-2/h5-10,13,16H,3-4H2,1-2H3. The molecule has 1 aromatic heterocycles. The molecule has 1 unspecified atom stereocenters. The molecule has 96 valence electrons. The van der Waals surface area contributed by atoms with Gasteiger partial charge in [-0.25, -0.2) is 4.98 Å². The van der Waals surface area contributed by atoms with Crippen molar-refractivity contribution in [2.45, 2.75) is 26.4 Å². The van der Waals surface area contributed by atoms with Crippen LogP contribution in [0.15, 0.2) is 41.1 Å². The Labute approximate surface area is 116 Å². The summed E-state index contributed by atoms with van der Waals surface area (Å²) in [6.07, 6.45) is 3.89. The van der Waals surface area contributed by atoms with Gasteiger partial charge >= 0.3 is 0 Å². The van der Waals surface area contributed by atoms with Crippen LogP contribution in [0.5, 0.6) is 0 Å². The van der Waals surface area contributed by atoms with Gasteiger partial charge in [-0.05, 0) is 31.2 Å².